The molecule has 1 fully saturated rings. The number of piperidine rings is 1. The number of nitrogens with zero attached hydrogens (tertiary/aromatic N) is 2. The number of hydrogen-bond acceptors (Lipinski definition) is 2. The Kier molecular flexibility index (Phi) is 7.00. The van der Waals surface area contributed by atoms with Crippen molar-refractivity contribution in [3.63, 3.8) is 0 Å². The molecular formula is C17H27ClN4. The second kappa shape index (κ2) is 9.01. The molecule has 2 rings (SSSR count). The molecule has 0 saturated carbocycles. The predicted molar refractivity (Wildman–Crippen MR) is 94.5 cm³/mol. The summed E-state index contributed by atoms with van der Waals surface area (Å²) in [7, 11) is 2.19. The highest BCUT2D eigenvalue weighted by atomic mass is 35.5. The molecule has 122 valence electrons. The van der Waals surface area contributed by atoms with Crippen LogP contribution in [0.15, 0.2) is 29.3 Å². The molecule has 1 aliphatic rings. The molecule has 1 saturated heterocycles. The van der Waals surface area contributed by atoms with Gasteiger partial charge in [-0.05, 0) is 57.5 Å². The fraction of sp³-hybridized carbons (Fsp3) is 0.588. The number of hydrogen-bond donors (Lipinski definition) is 2. The Morgan fingerprint density at radius 2 is 2.00 bits per heavy atom. The van der Waals surface area contributed by atoms with Gasteiger partial charge in [0.2, 0.25) is 0 Å². The summed E-state index contributed by atoms with van der Waals surface area (Å²) in [4.78, 5) is 7.04. The van der Waals surface area contributed by atoms with Crippen molar-refractivity contribution in [3.05, 3.63) is 34.9 Å². The maximum Gasteiger partial charge on any atom is 0.191 e. The molecule has 1 aliphatic heterocycles. The van der Waals surface area contributed by atoms with Gasteiger partial charge in [-0.3, -0.25) is 0 Å². The van der Waals surface area contributed by atoms with E-state index >= 15 is 0 Å². The highest BCUT2D eigenvalue weighted by Crippen LogP contribution is 2.16. The molecular weight excluding hydrogens is 296 g/mol. The summed E-state index contributed by atoms with van der Waals surface area (Å²) >= 11 is 6.18. The minimum Gasteiger partial charge on any atom is -0.357 e. The van der Waals surface area contributed by atoms with Crippen LogP contribution in [0.3, 0.4) is 0 Å². The lowest BCUT2D eigenvalue weighted by atomic mass is 9.97. The average Bonchev–Trinajstić information content (AvgIpc) is 2.53. The van der Waals surface area contributed by atoms with Crippen LogP contribution >= 0.6 is 11.6 Å². The minimum absolute atomic E-state index is 0.600. The topological polar surface area (TPSA) is 39.7 Å². The van der Waals surface area contributed by atoms with Crippen molar-refractivity contribution in [1.29, 1.82) is 0 Å². The molecule has 4 nitrogen and oxygen atoms in total. The number of aliphatic imine (C=N–C) groups is 1. The third-order valence-electron chi connectivity index (χ3n) is 4.11. The third kappa shape index (κ3) is 5.50. The molecule has 0 atom stereocenters. The summed E-state index contributed by atoms with van der Waals surface area (Å²) in [5.41, 5.74) is 1.06. The zero-order valence-electron chi connectivity index (χ0n) is 13.6. The molecule has 0 aliphatic carbocycles. The van der Waals surface area contributed by atoms with Gasteiger partial charge in [0.25, 0.3) is 0 Å². The maximum absolute atomic E-state index is 6.18. The SMILES string of the molecule is CCNC(=NCc1ccccc1Cl)NCC1CCN(C)CC1. The summed E-state index contributed by atoms with van der Waals surface area (Å²) in [5, 5.41) is 7.55. The first-order chi connectivity index (χ1) is 10.7. The quantitative estimate of drug-likeness (QED) is 0.647. The van der Waals surface area contributed by atoms with Crippen LogP contribution in [0, 0.1) is 5.92 Å². The van der Waals surface area contributed by atoms with Crippen molar-refractivity contribution in [2.75, 3.05) is 33.2 Å². The second-order valence-corrected chi connectivity index (χ2v) is 6.32. The molecule has 5 heteroatoms. The Bertz CT molecular complexity index is 481. The predicted octanol–water partition coefficient (Wildman–Crippen LogP) is 2.74. The lowest BCUT2D eigenvalue weighted by Gasteiger charge is -2.29. The van der Waals surface area contributed by atoms with Crippen molar-refractivity contribution < 1.29 is 0 Å². The summed E-state index contributed by atoms with van der Waals surface area (Å²) in [6.45, 7) is 6.92. The molecule has 2 N–H and O–H groups in total. The molecule has 0 spiro atoms. The molecule has 1 aromatic carbocycles. The summed E-state index contributed by atoms with van der Waals surface area (Å²) in [6.07, 6.45) is 2.51. The number of halogens is 1. The molecule has 0 amide bonds. The van der Waals surface area contributed by atoms with Crippen molar-refractivity contribution >= 4 is 17.6 Å². The van der Waals surface area contributed by atoms with Crippen LogP contribution in [-0.2, 0) is 6.54 Å². The van der Waals surface area contributed by atoms with Gasteiger partial charge in [0.15, 0.2) is 5.96 Å². The number of nitrogens with one attached hydrogen (secondary N) is 2. The van der Waals surface area contributed by atoms with Crippen LogP contribution in [-0.4, -0.2) is 44.1 Å². The van der Waals surface area contributed by atoms with Gasteiger partial charge in [-0.15, -0.1) is 0 Å². The molecule has 0 aromatic heterocycles. The number of rotatable bonds is 5. The van der Waals surface area contributed by atoms with E-state index in [1.807, 2.05) is 24.3 Å². The van der Waals surface area contributed by atoms with Crippen LogP contribution in [0.2, 0.25) is 5.02 Å². The Hall–Kier alpha value is -1.26. The van der Waals surface area contributed by atoms with Crippen LogP contribution in [0.4, 0.5) is 0 Å². The van der Waals surface area contributed by atoms with Gasteiger partial charge in [-0.1, -0.05) is 29.8 Å². The fourth-order valence-corrected chi connectivity index (χ4v) is 2.84. The Morgan fingerprint density at radius 3 is 2.68 bits per heavy atom. The summed E-state index contributed by atoms with van der Waals surface area (Å²) < 4.78 is 0. The average molecular weight is 323 g/mol. The fourth-order valence-electron chi connectivity index (χ4n) is 2.64. The van der Waals surface area contributed by atoms with Gasteiger partial charge in [-0.25, -0.2) is 4.99 Å². The van der Waals surface area contributed by atoms with E-state index in [-0.39, 0.29) is 0 Å². The van der Waals surface area contributed by atoms with E-state index in [2.05, 4.69) is 34.5 Å². The molecule has 0 bridgehead atoms. The van der Waals surface area contributed by atoms with E-state index in [0.29, 0.717) is 6.54 Å². The smallest absolute Gasteiger partial charge is 0.191 e. The third-order valence-corrected chi connectivity index (χ3v) is 4.47. The van der Waals surface area contributed by atoms with Crippen molar-refractivity contribution in [3.8, 4) is 0 Å². The van der Waals surface area contributed by atoms with Gasteiger partial charge in [0, 0.05) is 18.1 Å². The largest absolute Gasteiger partial charge is 0.357 e. The van der Waals surface area contributed by atoms with E-state index < -0.39 is 0 Å². The number of benzene rings is 1. The summed E-state index contributed by atoms with van der Waals surface area (Å²) in [5.74, 6) is 1.61. The van der Waals surface area contributed by atoms with E-state index in [1.54, 1.807) is 0 Å². The van der Waals surface area contributed by atoms with E-state index in [4.69, 9.17) is 11.6 Å². The van der Waals surface area contributed by atoms with E-state index in [0.717, 1.165) is 35.6 Å². The molecule has 22 heavy (non-hydrogen) atoms. The Morgan fingerprint density at radius 1 is 1.27 bits per heavy atom. The van der Waals surface area contributed by atoms with Crippen LogP contribution < -0.4 is 10.6 Å². The number of guanidine groups is 1. The van der Waals surface area contributed by atoms with Gasteiger partial charge >= 0.3 is 0 Å². The first kappa shape index (κ1) is 17.1. The van der Waals surface area contributed by atoms with Gasteiger partial charge in [-0.2, -0.15) is 0 Å². The second-order valence-electron chi connectivity index (χ2n) is 5.91. The lowest BCUT2D eigenvalue weighted by molar-refractivity contribution is 0.220. The van der Waals surface area contributed by atoms with Gasteiger partial charge in [0.1, 0.15) is 0 Å². The minimum atomic E-state index is 0.600. The maximum atomic E-state index is 6.18. The first-order valence-corrected chi connectivity index (χ1v) is 8.51. The monoisotopic (exact) mass is 322 g/mol. The highest BCUT2D eigenvalue weighted by molar-refractivity contribution is 6.31. The van der Waals surface area contributed by atoms with Gasteiger partial charge < -0.3 is 15.5 Å². The van der Waals surface area contributed by atoms with Crippen molar-refractivity contribution in [1.82, 2.24) is 15.5 Å². The molecule has 0 radical (unpaired) electrons. The zero-order valence-corrected chi connectivity index (χ0v) is 14.4. The normalized spacial score (nSPS) is 17.5. The zero-order chi connectivity index (χ0) is 15.8. The van der Waals surface area contributed by atoms with Crippen molar-refractivity contribution in [2.45, 2.75) is 26.3 Å². The molecule has 1 aromatic rings. The van der Waals surface area contributed by atoms with E-state index in [9.17, 15) is 0 Å². The number of likely N-dealkylation sites (tertiary alicyclic amines) is 1. The Labute approximate surface area is 138 Å². The van der Waals surface area contributed by atoms with Gasteiger partial charge in [0.05, 0.1) is 6.54 Å². The molecule has 0 unspecified atom stereocenters. The van der Waals surface area contributed by atoms with Crippen LogP contribution in [0.25, 0.3) is 0 Å². The van der Waals surface area contributed by atoms with Crippen LogP contribution in [0.1, 0.15) is 25.3 Å². The molecule has 1 heterocycles. The standard InChI is InChI=1S/C17H27ClN4/c1-3-19-17(20-12-14-8-10-22(2)11-9-14)21-13-15-6-4-5-7-16(15)18/h4-7,14H,3,8-13H2,1-2H3,(H2,19,20,21). The highest BCUT2D eigenvalue weighted by Gasteiger charge is 2.16. The van der Waals surface area contributed by atoms with Crippen LogP contribution in [0.5, 0.6) is 0 Å². The van der Waals surface area contributed by atoms with Crippen molar-refractivity contribution in [2.24, 2.45) is 10.9 Å². The lowest BCUT2D eigenvalue weighted by Crippen LogP contribution is -2.42. The van der Waals surface area contributed by atoms with E-state index in [1.165, 1.54) is 25.9 Å². The summed E-state index contributed by atoms with van der Waals surface area (Å²) in [6, 6.07) is 7.87. The Balaban J connectivity index is 1.86. The first-order valence-electron chi connectivity index (χ1n) is 8.13.